The first-order valence-corrected chi connectivity index (χ1v) is 12.7. The van der Waals surface area contributed by atoms with Crippen molar-refractivity contribution in [2.24, 2.45) is 5.92 Å². The van der Waals surface area contributed by atoms with E-state index in [1.54, 1.807) is 11.3 Å². The highest BCUT2D eigenvalue weighted by atomic mass is 32.1. The molecule has 0 saturated carbocycles. The van der Waals surface area contributed by atoms with E-state index in [-0.39, 0.29) is 23.8 Å². The lowest BCUT2D eigenvalue weighted by molar-refractivity contribution is -0.127. The molecule has 0 bridgehead atoms. The topological polar surface area (TPSA) is 85.2 Å². The maximum atomic E-state index is 12.9. The SMILES string of the molecule is CCCCCNC(=O)C1CCN(C(C)C(=O)Nc2sc3c(c2C#N)CCCCC3)CC1. The van der Waals surface area contributed by atoms with Gasteiger partial charge in [0.15, 0.2) is 0 Å². The van der Waals surface area contributed by atoms with Gasteiger partial charge in [0.2, 0.25) is 11.8 Å². The van der Waals surface area contributed by atoms with Crippen LogP contribution in [0.1, 0.15) is 81.2 Å². The molecular formula is C24H36N4O2S. The average Bonchev–Trinajstić information content (AvgIpc) is 2.94. The summed E-state index contributed by atoms with van der Waals surface area (Å²) in [6.07, 6.45) is 10.3. The fourth-order valence-electron chi connectivity index (χ4n) is 4.61. The highest BCUT2D eigenvalue weighted by Crippen LogP contribution is 2.37. The Morgan fingerprint density at radius 2 is 1.94 bits per heavy atom. The van der Waals surface area contributed by atoms with Crippen molar-refractivity contribution < 1.29 is 9.59 Å². The number of thiophene rings is 1. The number of nitrogens with zero attached hydrogens (tertiary/aromatic N) is 2. The number of amides is 2. The Hall–Kier alpha value is -1.91. The Bertz CT molecular complexity index is 805. The highest BCUT2D eigenvalue weighted by molar-refractivity contribution is 7.16. The molecule has 1 aliphatic heterocycles. The van der Waals surface area contributed by atoms with Crippen LogP contribution >= 0.6 is 11.3 Å². The van der Waals surface area contributed by atoms with Crippen LogP contribution in [-0.2, 0) is 22.4 Å². The van der Waals surface area contributed by atoms with Crippen molar-refractivity contribution in [1.82, 2.24) is 10.2 Å². The summed E-state index contributed by atoms with van der Waals surface area (Å²) < 4.78 is 0. The number of hydrogen-bond acceptors (Lipinski definition) is 5. The second kappa shape index (κ2) is 11.6. The number of fused-ring (bicyclic) bond motifs is 1. The molecule has 2 amide bonds. The molecule has 1 aliphatic carbocycles. The zero-order valence-corrected chi connectivity index (χ0v) is 19.8. The fourth-order valence-corrected chi connectivity index (χ4v) is 5.85. The Morgan fingerprint density at radius 3 is 2.65 bits per heavy atom. The summed E-state index contributed by atoms with van der Waals surface area (Å²) in [7, 11) is 0. The van der Waals surface area contributed by atoms with Crippen molar-refractivity contribution >= 4 is 28.2 Å². The number of likely N-dealkylation sites (tertiary alicyclic amines) is 1. The third kappa shape index (κ3) is 6.08. The molecule has 7 heteroatoms. The molecule has 1 unspecified atom stereocenters. The molecule has 0 aromatic carbocycles. The van der Waals surface area contributed by atoms with Gasteiger partial charge in [0.05, 0.1) is 11.6 Å². The minimum absolute atomic E-state index is 0.0475. The second-order valence-electron chi connectivity index (χ2n) is 8.85. The van der Waals surface area contributed by atoms with Crippen LogP contribution in [-0.4, -0.2) is 42.4 Å². The van der Waals surface area contributed by atoms with Gasteiger partial charge in [-0.1, -0.05) is 26.2 Å². The van der Waals surface area contributed by atoms with Crippen LogP contribution in [0.4, 0.5) is 5.00 Å². The van der Waals surface area contributed by atoms with Gasteiger partial charge >= 0.3 is 0 Å². The van der Waals surface area contributed by atoms with Gasteiger partial charge in [0.25, 0.3) is 0 Å². The minimum Gasteiger partial charge on any atom is -0.356 e. The van der Waals surface area contributed by atoms with E-state index >= 15 is 0 Å². The zero-order valence-electron chi connectivity index (χ0n) is 19.0. The van der Waals surface area contributed by atoms with Crippen LogP contribution in [0.5, 0.6) is 0 Å². The van der Waals surface area contributed by atoms with Gasteiger partial charge in [-0.3, -0.25) is 14.5 Å². The van der Waals surface area contributed by atoms with E-state index in [0.717, 1.165) is 83.0 Å². The van der Waals surface area contributed by atoms with Crippen molar-refractivity contribution in [3.63, 3.8) is 0 Å². The largest absolute Gasteiger partial charge is 0.356 e. The van der Waals surface area contributed by atoms with Crippen LogP contribution in [0.2, 0.25) is 0 Å². The van der Waals surface area contributed by atoms with Crippen molar-refractivity contribution in [2.75, 3.05) is 25.0 Å². The van der Waals surface area contributed by atoms with Crippen LogP contribution in [0.15, 0.2) is 0 Å². The summed E-state index contributed by atoms with van der Waals surface area (Å²) in [6.45, 7) is 6.33. The molecule has 2 N–H and O–H groups in total. The van der Waals surface area contributed by atoms with Gasteiger partial charge in [-0.15, -0.1) is 11.3 Å². The first-order chi connectivity index (χ1) is 15.0. The fraction of sp³-hybridized carbons (Fsp3) is 0.708. The van der Waals surface area contributed by atoms with Gasteiger partial charge < -0.3 is 10.6 Å². The number of hydrogen-bond donors (Lipinski definition) is 2. The number of anilines is 1. The average molecular weight is 445 g/mol. The molecule has 3 rings (SSSR count). The van der Waals surface area contributed by atoms with Gasteiger partial charge in [-0.25, -0.2) is 0 Å². The smallest absolute Gasteiger partial charge is 0.242 e. The molecule has 170 valence electrons. The minimum atomic E-state index is -0.276. The molecule has 1 fully saturated rings. The zero-order chi connectivity index (χ0) is 22.2. The third-order valence-electron chi connectivity index (χ3n) is 6.68. The summed E-state index contributed by atoms with van der Waals surface area (Å²) in [5, 5.41) is 16.5. The van der Waals surface area contributed by atoms with E-state index in [4.69, 9.17) is 0 Å². The van der Waals surface area contributed by atoms with Gasteiger partial charge in [-0.2, -0.15) is 5.26 Å². The molecule has 2 aliphatic rings. The van der Waals surface area contributed by atoms with Crippen LogP contribution in [0.3, 0.4) is 0 Å². The molecular weight excluding hydrogens is 408 g/mol. The summed E-state index contributed by atoms with van der Waals surface area (Å²) in [4.78, 5) is 28.7. The maximum Gasteiger partial charge on any atom is 0.242 e. The maximum absolute atomic E-state index is 12.9. The van der Waals surface area contributed by atoms with Crippen molar-refractivity contribution in [3.8, 4) is 6.07 Å². The molecule has 1 atom stereocenters. The molecule has 0 radical (unpaired) electrons. The molecule has 1 saturated heterocycles. The Morgan fingerprint density at radius 1 is 1.19 bits per heavy atom. The van der Waals surface area contributed by atoms with Crippen molar-refractivity contribution in [3.05, 3.63) is 16.0 Å². The predicted molar refractivity (Wildman–Crippen MR) is 125 cm³/mol. The van der Waals surface area contributed by atoms with Crippen molar-refractivity contribution in [1.29, 1.82) is 5.26 Å². The number of rotatable bonds is 8. The number of carbonyl (C=O) groups is 2. The monoisotopic (exact) mass is 444 g/mol. The number of aryl methyl sites for hydroxylation is 1. The van der Waals surface area contributed by atoms with E-state index in [1.165, 1.54) is 11.3 Å². The lowest BCUT2D eigenvalue weighted by atomic mass is 9.95. The lowest BCUT2D eigenvalue weighted by Crippen LogP contribution is -2.48. The molecule has 2 heterocycles. The van der Waals surface area contributed by atoms with Crippen LogP contribution < -0.4 is 10.6 Å². The molecule has 1 aromatic rings. The number of nitriles is 1. The number of piperidine rings is 1. The number of nitrogens with one attached hydrogen (secondary N) is 2. The van der Waals surface area contributed by atoms with Crippen LogP contribution in [0.25, 0.3) is 0 Å². The van der Waals surface area contributed by atoms with E-state index in [2.05, 4.69) is 28.5 Å². The normalized spacial score (nSPS) is 18.5. The van der Waals surface area contributed by atoms with E-state index < -0.39 is 0 Å². The van der Waals surface area contributed by atoms with Gasteiger partial charge in [0.1, 0.15) is 11.1 Å². The Kier molecular flexibility index (Phi) is 8.91. The number of unbranched alkanes of at least 4 members (excludes halogenated alkanes) is 2. The summed E-state index contributed by atoms with van der Waals surface area (Å²) in [5.74, 6) is 0.147. The molecule has 6 nitrogen and oxygen atoms in total. The summed E-state index contributed by atoms with van der Waals surface area (Å²) in [5.41, 5.74) is 1.82. The van der Waals surface area contributed by atoms with Gasteiger partial charge in [-0.05, 0) is 70.5 Å². The van der Waals surface area contributed by atoms with Gasteiger partial charge in [0, 0.05) is 17.3 Å². The Balaban J connectivity index is 1.51. The standard InChI is InChI=1S/C24H36N4O2S/c1-3-4-8-13-26-23(30)18-11-14-28(15-12-18)17(2)22(29)27-24-20(16-25)19-9-6-5-7-10-21(19)31-24/h17-18H,3-15H2,1-2H3,(H,26,30)(H,27,29). The molecule has 1 aromatic heterocycles. The third-order valence-corrected chi connectivity index (χ3v) is 7.88. The van der Waals surface area contributed by atoms with E-state index in [0.29, 0.717) is 10.6 Å². The quantitative estimate of drug-likeness (QED) is 0.464. The second-order valence-corrected chi connectivity index (χ2v) is 9.96. The predicted octanol–water partition coefficient (Wildman–Crippen LogP) is 4.23. The Labute approximate surface area is 190 Å². The lowest BCUT2D eigenvalue weighted by Gasteiger charge is -2.34. The van der Waals surface area contributed by atoms with Crippen LogP contribution in [0, 0.1) is 17.2 Å². The molecule has 31 heavy (non-hydrogen) atoms. The number of carbonyl (C=O) groups excluding carboxylic acids is 2. The van der Waals surface area contributed by atoms with E-state index in [1.807, 2.05) is 6.92 Å². The first-order valence-electron chi connectivity index (χ1n) is 11.9. The highest BCUT2D eigenvalue weighted by Gasteiger charge is 2.30. The van der Waals surface area contributed by atoms with Crippen molar-refractivity contribution in [2.45, 2.75) is 84.1 Å². The summed E-state index contributed by atoms with van der Waals surface area (Å²) in [6, 6.07) is 2.06. The summed E-state index contributed by atoms with van der Waals surface area (Å²) >= 11 is 1.58. The van der Waals surface area contributed by atoms with E-state index in [9.17, 15) is 14.9 Å². The first kappa shape index (κ1) is 23.7. The molecule has 0 spiro atoms.